The number of nitrogens with zero attached hydrogens (tertiary/aromatic N) is 2. The third-order valence-corrected chi connectivity index (χ3v) is 2.79. The second kappa shape index (κ2) is 5.63. The van der Waals surface area contributed by atoms with Gasteiger partial charge < -0.3 is 4.74 Å². The van der Waals surface area contributed by atoms with E-state index >= 15 is 0 Å². The monoisotopic (exact) mass is 242 g/mol. The van der Waals surface area contributed by atoms with Crippen LogP contribution in [0.3, 0.4) is 0 Å². The first kappa shape index (κ1) is 12.6. The Bertz CT molecular complexity index is 506. The summed E-state index contributed by atoms with van der Waals surface area (Å²) in [6.07, 6.45) is 4.30. The van der Waals surface area contributed by atoms with Crippen LogP contribution in [0, 0.1) is 0 Å². The summed E-state index contributed by atoms with van der Waals surface area (Å²) in [5, 5.41) is 0. The Morgan fingerprint density at radius 3 is 2.61 bits per heavy atom. The van der Waals surface area contributed by atoms with Crippen molar-refractivity contribution in [1.82, 2.24) is 9.97 Å². The molecule has 94 valence electrons. The van der Waals surface area contributed by atoms with Crippen molar-refractivity contribution in [2.45, 2.75) is 33.1 Å². The van der Waals surface area contributed by atoms with Gasteiger partial charge in [-0.15, -0.1) is 0 Å². The van der Waals surface area contributed by atoms with Crippen molar-refractivity contribution in [3.63, 3.8) is 0 Å². The highest BCUT2D eigenvalue weighted by Crippen LogP contribution is 2.23. The van der Waals surface area contributed by atoms with Crippen LogP contribution in [0.15, 0.2) is 36.7 Å². The van der Waals surface area contributed by atoms with E-state index < -0.39 is 0 Å². The second-order valence-electron chi connectivity index (χ2n) is 4.53. The molecule has 1 aromatic heterocycles. The van der Waals surface area contributed by atoms with Crippen LogP contribution in [-0.2, 0) is 6.42 Å². The molecule has 0 bridgehead atoms. The first-order valence-corrected chi connectivity index (χ1v) is 6.27. The van der Waals surface area contributed by atoms with Crippen LogP contribution >= 0.6 is 0 Å². The molecule has 0 aliphatic carbocycles. The Morgan fingerprint density at radius 2 is 2.00 bits per heavy atom. The van der Waals surface area contributed by atoms with Gasteiger partial charge in [-0.2, -0.15) is 0 Å². The van der Waals surface area contributed by atoms with Gasteiger partial charge in [-0.1, -0.05) is 32.9 Å². The number of hydrogen-bond donors (Lipinski definition) is 0. The summed E-state index contributed by atoms with van der Waals surface area (Å²) >= 11 is 0. The van der Waals surface area contributed by atoms with E-state index in [1.165, 1.54) is 5.56 Å². The van der Waals surface area contributed by atoms with E-state index in [1.807, 2.05) is 18.2 Å². The molecular formula is C15H18N2O. The number of aryl methyl sites for hydroxylation is 1. The molecule has 0 spiro atoms. The quantitative estimate of drug-likeness (QED) is 0.814. The molecule has 0 radical (unpaired) electrons. The predicted molar refractivity (Wildman–Crippen MR) is 72.0 cm³/mol. The minimum atomic E-state index is 0.488. The van der Waals surface area contributed by atoms with Crippen LogP contribution in [0.5, 0.6) is 11.6 Å². The first-order valence-electron chi connectivity index (χ1n) is 6.27. The molecule has 0 fully saturated rings. The van der Waals surface area contributed by atoms with Crippen molar-refractivity contribution < 1.29 is 4.74 Å². The average Bonchev–Trinajstić information content (AvgIpc) is 2.40. The van der Waals surface area contributed by atoms with Crippen molar-refractivity contribution in [3.8, 4) is 11.6 Å². The SMILES string of the molecule is CCc1cnc(Oc2cccc(C(C)C)c2)cn1. The molecule has 18 heavy (non-hydrogen) atoms. The molecule has 0 atom stereocenters. The van der Waals surface area contributed by atoms with Gasteiger partial charge in [-0.05, 0) is 30.0 Å². The molecule has 3 heteroatoms. The minimum absolute atomic E-state index is 0.488. The van der Waals surface area contributed by atoms with Crippen molar-refractivity contribution in [1.29, 1.82) is 0 Å². The van der Waals surface area contributed by atoms with Crippen molar-refractivity contribution in [2.24, 2.45) is 0 Å². The summed E-state index contributed by atoms with van der Waals surface area (Å²) in [6, 6.07) is 8.07. The van der Waals surface area contributed by atoms with Gasteiger partial charge in [0.2, 0.25) is 5.88 Å². The van der Waals surface area contributed by atoms with E-state index in [9.17, 15) is 0 Å². The lowest BCUT2D eigenvalue weighted by Gasteiger charge is -2.09. The number of rotatable bonds is 4. The molecule has 2 aromatic rings. The fraction of sp³-hybridized carbons (Fsp3) is 0.333. The van der Waals surface area contributed by atoms with Crippen LogP contribution in [0.1, 0.15) is 37.9 Å². The standard InChI is InChI=1S/C15H18N2O/c1-4-13-9-17-15(10-16-13)18-14-7-5-6-12(8-14)11(2)3/h5-11H,4H2,1-3H3. The zero-order chi connectivity index (χ0) is 13.0. The number of aromatic nitrogens is 2. The summed E-state index contributed by atoms with van der Waals surface area (Å²) in [5.74, 6) is 1.83. The smallest absolute Gasteiger partial charge is 0.237 e. The zero-order valence-corrected chi connectivity index (χ0v) is 11.1. The molecule has 3 nitrogen and oxygen atoms in total. The molecule has 0 unspecified atom stereocenters. The topological polar surface area (TPSA) is 35.0 Å². The van der Waals surface area contributed by atoms with Gasteiger partial charge in [0.1, 0.15) is 5.75 Å². The Kier molecular flexibility index (Phi) is 3.92. The van der Waals surface area contributed by atoms with Crippen molar-refractivity contribution >= 4 is 0 Å². The molecule has 1 aromatic carbocycles. The van der Waals surface area contributed by atoms with Crippen molar-refractivity contribution in [3.05, 3.63) is 47.9 Å². The Labute approximate surface area is 108 Å². The van der Waals surface area contributed by atoms with E-state index in [1.54, 1.807) is 12.4 Å². The van der Waals surface area contributed by atoms with Gasteiger partial charge in [0.15, 0.2) is 0 Å². The van der Waals surface area contributed by atoms with Gasteiger partial charge in [0, 0.05) is 0 Å². The van der Waals surface area contributed by atoms with Crippen LogP contribution in [0.2, 0.25) is 0 Å². The van der Waals surface area contributed by atoms with E-state index in [0.29, 0.717) is 11.8 Å². The molecule has 0 aliphatic heterocycles. The van der Waals surface area contributed by atoms with E-state index in [-0.39, 0.29) is 0 Å². The van der Waals surface area contributed by atoms with E-state index in [4.69, 9.17) is 4.74 Å². The molecule has 2 rings (SSSR count). The van der Waals surface area contributed by atoms with Gasteiger partial charge in [-0.25, -0.2) is 4.98 Å². The molecule has 0 saturated carbocycles. The number of ether oxygens (including phenoxy) is 1. The Hall–Kier alpha value is -1.90. The molecule has 0 amide bonds. The molecular weight excluding hydrogens is 224 g/mol. The van der Waals surface area contributed by atoms with Crippen LogP contribution in [0.25, 0.3) is 0 Å². The van der Waals surface area contributed by atoms with Gasteiger partial charge in [-0.3, -0.25) is 4.98 Å². The predicted octanol–water partition coefficient (Wildman–Crippen LogP) is 3.95. The summed E-state index contributed by atoms with van der Waals surface area (Å²) in [4.78, 5) is 8.50. The van der Waals surface area contributed by atoms with Crippen LogP contribution < -0.4 is 4.74 Å². The lowest BCUT2D eigenvalue weighted by atomic mass is 10.0. The largest absolute Gasteiger partial charge is 0.437 e. The minimum Gasteiger partial charge on any atom is -0.437 e. The Morgan fingerprint density at radius 1 is 1.17 bits per heavy atom. The van der Waals surface area contributed by atoms with Gasteiger partial charge in [0.25, 0.3) is 0 Å². The summed E-state index contributed by atoms with van der Waals surface area (Å²) in [7, 11) is 0. The summed E-state index contributed by atoms with van der Waals surface area (Å²) in [6.45, 7) is 6.38. The van der Waals surface area contributed by atoms with Crippen molar-refractivity contribution in [2.75, 3.05) is 0 Å². The first-order chi connectivity index (χ1) is 8.69. The molecule has 1 heterocycles. The highest BCUT2D eigenvalue weighted by Gasteiger charge is 2.03. The van der Waals surface area contributed by atoms with E-state index in [2.05, 4.69) is 36.8 Å². The second-order valence-corrected chi connectivity index (χ2v) is 4.53. The number of benzene rings is 1. The highest BCUT2D eigenvalue weighted by molar-refractivity contribution is 5.32. The summed E-state index contributed by atoms with van der Waals surface area (Å²) < 4.78 is 5.70. The maximum absolute atomic E-state index is 5.70. The third-order valence-electron chi connectivity index (χ3n) is 2.79. The molecule has 0 N–H and O–H groups in total. The molecule has 0 aliphatic rings. The summed E-state index contributed by atoms with van der Waals surface area (Å²) in [5.41, 5.74) is 2.23. The lowest BCUT2D eigenvalue weighted by molar-refractivity contribution is 0.458. The normalized spacial score (nSPS) is 10.7. The van der Waals surface area contributed by atoms with Gasteiger partial charge >= 0.3 is 0 Å². The van der Waals surface area contributed by atoms with Crippen LogP contribution in [-0.4, -0.2) is 9.97 Å². The van der Waals surface area contributed by atoms with Gasteiger partial charge in [0.05, 0.1) is 18.1 Å². The Balaban J connectivity index is 2.15. The fourth-order valence-electron chi connectivity index (χ4n) is 1.64. The van der Waals surface area contributed by atoms with E-state index in [0.717, 1.165) is 17.9 Å². The maximum Gasteiger partial charge on any atom is 0.237 e. The fourth-order valence-corrected chi connectivity index (χ4v) is 1.64. The third kappa shape index (κ3) is 3.06. The number of hydrogen-bond acceptors (Lipinski definition) is 3. The maximum atomic E-state index is 5.70. The zero-order valence-electron chi connectivity index (χ0n) is 11.1. The lowest BCUT2D eigenvalue weighted by Crippen LogP contribution is -1.94. The van der Waals surface area contributed by atoms with Crippen LogP contribution in [0.4, 0.5) is 0 Å². The molecule has 0 saturated heterocycles. The highest BCUT2D eigenvalue weighted by atomic mass is 16.5. The average molecular weight is 242 g/mol.